The smallest absolute Gasteiger partial charge is 0.225 e. The van der Waals surface area contributed by atoms with Gasteiger partial charge in [0.05, 0.1) is 19.9 Å². The normalized spacial score (nSPS) is 11.0. The number of hydrogen-bond acceptors (Lipinski definition) is 4. The van der Waals surface area contributed by atoms with Crippen LogP contribution in [0.5, 0.6) is 11.5 Å². The van der Waals surface area contributed by atoms with Crippen LogP contribution in [0.2, 0.25) is 0 Å². The highest BCUT2D eigenvalue weighted by Gasteiger charge is 2.18. The van der Waals surface area contributed by atoms with Gasteiger partial charge in [0.1, 0.15) is 23.5 Å². The molecular weight excluding hydrogens is 268 g/mol. The van der Waals surface area contributed by atoms with Crippen LogP contribution in [0.1, 0.15) is 18.2 Å². The van der Waals surface area contributed by atoms with Gasteiger partial charge in [0.15, 0.2) is 0 Å². The second-order valence-corrected chi connectivity index (χ2v) is 4.83. The Balaban J connectivity index is 2.20. The number of benzene rings is 1. The van der Waals surface area contributed by atoms with Gasteiger partial charge in [0.2, 0.25) is 5.71 Å². The molecule has 3 aromatic rings. The van der Waals surface area contributed by atoms with Gasteiger partial charge in [-0.05, 0) is 25.5 Å². The van der Waals surface area contributed by atoms with Gasteiger partial charge in [0, 0.05) is 17.2 Å². The Bertz CT molecular complexity index is 786. The lowest BCUT2D eigenvalue weighted by atomic mass is 10.1. The fourth-order valence-electron chi connectivity index (χ4n) is 2.51. The molecule has 0 unspecified atom stereocenters. The van der Waals surface area contributed by atoms with Crippen molar-refractivity contribution in [3.05, 3.63) is 35.7 Å². The number of rotatable bonds is 4. The third-order valence-electron chi connectivity index (χ3n) is 3.70. The van der Waals surface area contributed by atoms with Crippen LogP contribution in [0.25, 0.3) is 17.0 Å². The van der Waals surface area contributed by atoms with Gasteiger partial charge in [-0.15, -0.1) is 0 Å². The summed E-state index contributed by atoms with van der Waals surface area (Å²) in [7, 11) is 3.27. The molecule has 0 spiro atoms. The minimum atomic E-state index is 0.725. The predicted octanol–water partition coefficient (Wildman–Crippen LogP) is 3.48. The van der Waals surface area contributed by atoms with Gasteiger partial charge in [-0.1, -0.05) is 6.92 Å². The van der Waals surface area contributed by atoms with E-state index in [0.29, 0.717) is 0 Å². The standard InChI is InChI=1S/C16H18N2O3/c1-5-13-10(2)16-18(17-13)14(9-21-16)12-7-6-11(19-3)8-15(12)20-4/h6-9H,5H2,1-4H3. The summed E-state index contributed by atoms with van der Waals surface area (Å²) in [6.07, 6.45) is 2.58. The minimum Gasteiger partial charge on any atom is -0.497 e. The lowest BCUT2D eigenvalue weighted by Crippen LogP contribution is -1.94. The molecule has 0 aliphatic heterocycles. The van der Waals surface area contributed by atoms with E-state index in [2.05, 4.69) is 12.0 Å². The molecule has 21 heavy (non-hydrogen) atoms. The summed E-state index contributed by atoms with van der Waals surface area (Å²) in [5, 5.41) is 4.62. The first-order chi connectivity index (χ1) is 10.2. The van der Waals surface area contributed by atoms with E-state index in [-0.39, 0.29) is 0 Å². The molecule has 0 aliphatic rings. The van der Waals surface area contributed by atoms with Crippen LogP contribution in [-0.2, 0) is 6.42 Å². The van der Waals surface area contributed by atoms with Crippen molar-refractivity contribution in [1.82, 2.24) is 9.61 Å². The molecule has 5 heteroatoms. The summed E-state index contributed by atoms with van der Waals surface area (Å²) in [6.45, 7) is 4.11. The molecule has 3 rings (SSSR count). The van der Waals surface area contributed by atoms with Crippen molar-refractivity contribution < 1.29 is 13.9 Å². The zero-order valence-electron chi connectivity index (χ0n) is 12.6. The maximum atomic E-state index is 5.69. The second-order valence-electron chi connectivity index (χ2n) is 4.83. The topological polar surface area (TPSA) is 48.9 Å². The third kappa shape index (κ3) is 2.05. The monoisotopic (exact) mass is 286 g/mol. The van der Waals surface area contributed by atoms with Crippen LogP contribution in [-0.4, -0.2) is 23.8 Å². The summed E-state index contributed by atoms with van der Waals surface area (Å²) in [6, 6.07) is 5.70. The highest BCUT2D eigenvalue weighted by Crippen LogP contribution is 2.35. The first kappa shape index (κ1) is 13.5. The van der Waals surface area contributed by atoms with E-state index in [0.717, 1.165) is 46.1 Å². The number of oxazole rings is 1. The zero-order valence-corrected chi connectivity index (χ0v) is 12.6. The molecule has 110 valence electrons. The van der Waals surface area contributed by atoms with Crippen molar-refractivity contribution >= 4 is 5.71 Å². The van der Waals surface area contributed by atoms with E-state index in [4.69, 9.17) is 13.9 Å². The van der Waals surface area contributed by atoms with Crippen LogP contribution >= 0.6 is 0 Å². The van der Waals surface area contributed by atoms with Crippen LogP contribution in [0.4, 0.5) is 0 Å². The van der Waals surface area contributed by atoms with Crippen LogP contribution in [0.3, 0.4) is 0 Å². The molecule has 5 nitrogen and oxygen atoms in total. The Hall–Kier alpha value is -2.43. The zero-order chi connectivity index (χ0) is 15.0. The Morgan fingerprint density at radius 1 is 1.24 bits per heavy atom. The molecule has 2 heterocycles. The summed E-state index contributed by atoms with van der Waals surface area (Å²) in [4.78, 5) is 0. The largest absolute Gasteiger partial charge is 0.497 e. The lowest BCUT2D eigenvalue weighted by Gasteiger charge is -2.08. The van der Waals surface area contributed by atoms with Crippen molar-refractivity contribution in [3.63, 3.8) is 0 Å². The Morgan fingerprint density at radius 3 is 2.71 bits per heavy atom. The highest BCUT2D eigenvalue weighted by atomic mass is 16.5. The number of hydrogen-bond donors (Lipinski definition) is 0. The number of fused-ring (bicyclic) bond motifs is 1. The highest BCUT2D eigenvalue weighted by molar-refractivity contribution is 5.70. The summed E-state index contributed by atoms with van der Waals surface area (Å²) >= 11 is 0. The average molecular weight is 286 g/mol. The summed E-state index contributed by atoms with van der Waals surface area (Å²) < 4.78 is 18.2. The van der Waals surface area contributed by atoms with Gasteiger partial charge in [-0.2, -0.15) is 9.61 Å². The second kappa shape index (κ2) is 5.16. The van der Waals surface area contributed by atoms with E-state index < -0.39 is 0 Å². The van der Waals surface area contributed by atoms with Crippen LogP contribution in [0.15, 0.2) is 28.9 Å². The van der Waals surface area contributed by atoms with Gasteiger partial charge in [-0.3, -0.25) is 0 Å². The molecule has 0 radical (unpaired) electrons. The quantitative estimate of drug-likeness (QED) is 0.736. The number of aromatic nitrogens is 2. The van der Waals surface area contributed by atoms with E-state index in [1.807, 2.05) is 29.6 Å². The first-order valence-electron chi connectivity index (χ1n) is 6.87. The third-order valence-corrected chi connectivity index (χ3v) is 3.70. The Kier molecular flexibility index (Phi) is 3.33. The first-order valence-corrected chi connectivity index (χ1v) is 6.87. The number of ether oxygens (including phenoxy) is 2. The SMILES string of the molecule is CCc1nn2c(-c3ccc(OC)cc3OC)coc2c1C. The molecule has 0 bridgehead atoms. The lowest BCUT2D eigenvalue weighted by molar-refractivity contribution is 0.395. The van der Waals surface area contributed by atoms with Crippen molar-refractivity contribution in [1.29, 1.82) is 0 Å². The maximum Gasteiger partial charge on any atom is 0.225 e. The fourth-order valence-corrected chi connectivity index (χ4v) is 2.51. The molecule has 2 aromatic heterocycles. The van der Waals surface area contributed by atoms with E-state index in [1.54, 1.807) is 20.5 Å². The molecule has 0 fully saturated rings. The Labute approximate surface area is 123 Å². The van der Waals surface area contributed by atoms with Crippen molar-refractivity contribution in [2.75, 3.05) is 14.2 Å². The summed E-state index contributed by atoms with van der Waals surface area (Å²) in [5.41, 5.74) is 4.69. The molecule has 0 atom stereocenters. The predicted molar refractivity (Wildman–Crippen MR) is 80.1 cm³/mol. The maximum absolute atomic E-state index is 5.69. The van der Waals surface area contributed by atoms with E-state index in [1.165, 1.54) is 0 Å². The van der Waals surface area contributed by atoms with Crippen molar-refractivity contribution in [2.24, 2.45) is 0 Å². The molecule has 0 aliphatic carbocycles. The molecule has 0 amide bonds. The van der Waals surface area contributed by atoms with Crippen LogP contribution < -0.4 is 9.47 Å². The molecular formula is C16H18N2O3. The van der Waals surface area contributed by atoms with Crippen molar-refractivity contribution in [3.8, 4) is 22.8 Å². The minimum absolute atomic E-state index is 0.725. The van der Waals surface area contributed by atoms with E-state index >= 15 is 0 Å². The van der Waals surface area contributed by atoms with Gasteiger partial charge >= 0.3 is 0 Å². The number of methoxy groups -OCH3 is 2. The van der Waals surface area contributed by atoms with Gasteiger partial charge in [0.25, 0.3) is 0 Å². The molecule has 1 aromatic carbocycles. The van der Waals surface area contributed by atoms with Crippen LogP contribution in [0, 0.1) is 6.92 Å². The molecule has 0 saturated heterocycles. The number of aryl methyl sites for hydroxylation is 2. The fraction of sp³-hybridized carbons (Fsp3) is 0.312. The molecule has 0 saturated carbocycles. The Morgan fingerprint density at radius 2 is 2.05 bits per heavy atom. The van der Waals surface area contributed by atoms with Crippen molar-refractivity contribution in [2.45, 2.75) is 20.3 Å². The van der Waals surface area contributed by atoms with Gasteiger partial charge < -0.3 is 13.9 Å². The number of nitrogens with zero attached hydrogens (tertiary/aromatic N) is 2. The summed E-state index contributed by atoms with van der Waals surface area (Å²) in [5.74, 6) is 1.48. The average Bonchev–Trinajstić information content (AvgIpc) is 3.07. The molecule has 0 N–H and O–H groups in total. The van der Waals surface area contributed by atoms with Gasteiger partial charge in [-0.25, -0.2) is 0 Å². The van der Waals surface area contributed by atoms with E-state index in [9.17, 15) is 0 Å².